The topological polar surface area (TPSA) is 116 Å². The molecule has 182 valence electrons. The first kappa shape index (κ1) is 29.3. The van der Waals surface area contributed by atoms with E-state index in [0.717, 1.165) is 26.1 Å². The average Bonchev–Trinajstić information content (AvgIpc) is 2.69. The van der Waals surface area contributed by atoms with Crippen LogP contribution in [0, 0.1) is 0 Å². The lowest BCUT2D eigenvalue weighted by atomic mass is 9.97. The highest BCUT2D eigenvalue weighted by atomic mass is 16.5. The van der Waals surface area contributed by atoms with Crippen molar-refractivity contribution in [1.29, 1.82) is 0 Å². The van der Waals surface area contributed by atoms with Gasteiger partial charge in [-0.3, -0.25) is 14.4 Å². The Kier molecular flexibility index (Phi) is 13.6. The van der Waals surface area contributed by atoms with Crippen molar-refractivity contribution in [3.63, 3.8) is 0 Å². The highest BCUT2D eigenvalue weighted by Crippen LogP contribution is 2.17. The van der Waals surface area contributed by atoms with Crippen LogP contribution in [-0.2, 0) is 19.1 Å². The molecule has 3 N–H and O–H groups in total. The van der Waals surface area contributed by atoms with E-state index in [0.29, 0.717) is 19.4 Å². The molecule has 0 aliphatic carbocycles. The quantitative estimate of drug-likeness (QED) is 0.341. The molecule has 9 nitrogen and oxygen atoms in total. The SMILES string of the molecule is CCCC(=O)N(C)[C@H](COCCCN(CC)CC)C(=O)N(C)[C@@H](CC(C)(C)O)C(N)=O. The molecule has 9 heteroatoms. The molecule has 0 aromatic heterocycles. The molecule has 0 saturated carbocycles. The number of rotatable bonds is 16. The van der Waals surface area contributed by atoms with Crippen LogP contribution in [0.1, 0.15) is 60.3 Å². The minimum atomic E-state index is -1.19. The Balaban J connectivity index is 5.31. The number of carbonyl (C=O) groups excluding carboxylic acids is 3. The van der Waals surface area contributed by atoms with Crippen LogP contribution in [-0.4, -0.2) is 102 Å². The number of amides is 3. The highest BCUT2D eigenvalue weighted by molar-refractivity contribution is 5.91. The molecule has 0 aromatic rings. The van der Waals surface area contributed by atoms with Crippen molar-refractivity contribution in [3.8, 4) is 0 Å². The van der Waals surface area contributed by atoms with Crippen molar-refractivity contribution in [2.24, 2.45) is 5.73 Å². The Morgan fingerprint density at radius 2 is 1.61 bits per heavy atom. The minimum Gasteiger partial charge on any atom is -0.390 e. The normalized spacial score (nSPS) is 13.7. The summed E-state index contributed by atoms with van der Waals surface area (Å²) in [7, 11) is 3.04. The van der Waals surface area contributed by atoms with Crippen LogP contribution in [0.3, 0.4) is 0 Å². The van der Waals surface area contributed by atoms with Gasteiger partial charge in [-0.05, 0) is 39.8 Å². The summed E-state index contributed by atoms with van der Waals surface area (Å²) in [5, 5.41) is 10.1. The van der Waals surface area contributed by atoms with Gasteiger partial charge in [0.1, 0.15) is 12.1 Å². The molecular formula is C22H44N4O5. The van der Waals surface area contributed by atoms with E-state index in [4.69, 9.17) is 10.5 Å². The van der Waals surface area contributed by atoms with E-state index in [2.05, 4.69) is 18.7 Å². The molecule has 0 rings (SSSR count). The first-order chi connectivity index (χ1) is 14.4. The standard InChI is InChI=1S/C22H44N4O5/c1-8-12-19(27)24(6)18(16-31-14-11-13-26(9-2)10-3)21(29)25(7)17(20(23)28)15-22(4,5)30/h17-18,30H,8-16H2,1-7H3,(H2,23,28)/t17-,18+/m0/s1. The number of primary amides is 1. The van der Waals surface area contributed by atoms with E-state index in [1.165, 1.54) is 16.8 Å². The zero-order chi connectivity index (χ0) is 24.2. The Hall–Kier alpha value is -1.71. The molecule has 0 fully saturated rings. The third-order valence-corrected chi connectivity index (χ3v) is 5.38. The molecule has 0 aliphatic heterocycles. The summed E-state index contributed by atoms with van der Waals surface area (Å²) >= 11 is 0. The van der Waals surface area contributed by atoms with E-state index in [1.807, 2.05) is 6.92 Å². The van der Waals surface area contributed by atoms with Crippen molar-refractivity contribution in [2.75, 3.05) is 46.9 Å². The summed E-state index contributed by atoms with van der Waals surface area (Å²) in [5.41, 5.74) is 4.31. The van der Waals surface area contributed by atoms with Crippen molar-refractivity contribution in [3.05, 3.63) is 0 Å². The van der Waals surface area contributed by atoms with Crippen molar-refractivity contribution in [1.82, 2.24) is 14.7 Å². The third-order valence-electron chi connectivity index (χ3n) is 5.38. The zero-order valence-electron chi connectivity index (χ0n) is 20.5. The summed E-state index contributed by atoms with van der Waals surface area (Å²) in [6, 6.07) is -1.87. The second-order valence-electron chi connectivity index (χ2n) is 8.61. The summed E-state index contributed by atoms with van der Waals surface area (Å²) in [6.45, 7) is 12.5. The van der Waals surface area contributed by atoms with Gasteiger partial charge in [0.05, 0.1) is 12.2 Å². The monoisotopic (exact) mass is 444 g/mol. The lowest BCUT2D eigenvalue weighted by Crippen LogP contribution is -2.56. The van der Waals surface area contributed by atoms with Gasteiger partial charge in [0.2, 0.25) is 17.7 Å². The largest absolute Gasteiger partial charge is 0.390 e. The third kappa shape index (κ3) is 10.9. The molecular weight excluding hydrogens is 400 g/mol. The fourth-order valence-electron chi connectivity index (χ4n) is 3.33. The van der Waals surface area contributed by atoms with Crippen LogP contribution in [0.4, 0.5) is 0 Å². The smallest absolute Gasteiger partial charge is 0.248 e. The van der Waals surface area contributed by atoms with Gasteiger partial charge in [-0.15, -0.1) is 0 Å². The van der Waals surface area contributed by atoms with Crippen LogP contribution in [0.25, 0.3) is 0 Å². The second kappa shape index (κ2) is 14.4. The fraction of sp³-hybridized carbons (Fsp3) is 0.864. The molecule has 0 unspecified atom stereocenters. The lowest BCUT2D eigenvalue weighted by molar-refractivity contribution is -0.150. The van der Waals surface area contributed by atoms with Gasteiger partial charge in [0.25, 0.3) is 0 Å². The first-order valence-corrected chi connectivity index (χ1v) is 11.2. The van der Waals surface area contributed by atoms with Gasteiger partial charge in [-0.25, -0.2) is 0 Å². The van der Waals surface area contributed by atoms with Crippen molar-refractivity contribution < 1.29 is 24.2 Å². The number of hydrogen-bond acceptors (Lipinski definition) is 6. The summed E-state index contributed by atoms with van der Waals surface area (Å²) in [5.74, 6) is -1.32. The van der Waals surface area contributed by atoms with Gasteiger partial charge >= 0.3 is 0 Å². The average molecular weight is 445 g/mol. The van der Waals surface area contributed by atoms with Crippen molar-refractivity contribution >= 4 is 17.7 Å². The maximum absolute atomic E-state index is 13.2. The maximum Gasteiger partial charge on any atom is 0.248 e. The number of nitrogens with two attached hydrogens (primary N) is 1. The molecule has 0 saturated heterocycles. The number of nitrogens with zero attached hydrogens (tertiary/aromatic N) is 3. The van der Waals surface area contributed by atoms with E-state index < -0.39 is 29.5 Å². The van der Waals surface area contributed by atoms with Gasteiger partial charge in [0, 0.05) is 40.1 Å². The molecule has 0 aromatic carbocycles. The maximum atomic E-state index is 13.2. The number of hydrogen-bond donors (Lipinski definition) is 2. The lowest BCUT2D eigenvalue weighted by Gasteiger charge is -2.35. The molecule has 2 atom stereocenters. The molecule has 0 spiro atoms. The van der Waals surface area contributed by atoms with Crippen LogP contribution < -0.4 is 5.73 Å². The predicted octanol–water partition coefficient (Wildman–Crippen LogP) is 0.835. The number of likely N-dealkylation sites (N-methyl/N-ethyl adjacent to an activating group) is 2. The molecule has 0 radical (unpaired) electrons. The van der Waals surface area contributed by atoms with Crippen LogP contribution in [0.5, 0.6) is 0 Å². The van der Waals surface area contributed by atoms with Crippen LogP contribution >= 0.6 is 0 Å². The zero-order valence-corrected chi connectivity index (χ0v) is 20.5. The van der Waals surface area contributed by atoms with Crippen LogP contribution in [0.15, 0.2) is 0 Å². The van der Waals surface area contributed by atoms with Gasteiger partial charge in [0.15, 0.2) is 0 Å². The first-order valence-electron chi connectivity index (χ1n) is 11.2. The van der Waals surface area contributed by atoms with Gasteiger partial charge in [-0.1, -0.05) is 20.8 Å². The molecule has 31 heavy (non-hydrogen) atoms. The fourth-order valence-corrected chi connectivity index (χ4v) is 3.33. The number of carbonyl (C=O) groups is 3. The Morgan fingerprint density at radius 3 is 2.06 bits per heavy atom. The van der Waals surface area contributed by atoms with Crippen molar-refractivity contribution in [2.45, 2.75) is 78.0 Å². The Morgan fingerprint density at radius 1 is 1.03 bits per heavy atom. The van der Waals surface area contributed by atoms with Crippen LogP contribution in [0.2, 0.25) is 0 Å². The van der Waals surface area contributed by atoms with E-state index >= 15 is 0 Å². The molecule has 3 amide bonds. The second-order valence-corrected chi connectivity index (χ2v) is 8.61. The number of ether oxygens (including phenoxy) is 1. The molecule has 0 bridgehead atoms. The summed E-state index contributed by atoms with van der Waals surface area (Å²) < 4.78 is 5.76. The van der Waals surface area contributed by atoms with Gasteiger partial charge in [-0.2, -0.15) is 0 Å². The van der Waals surface area contributed by atoms with Gasteiger partial charge < -0.3 is 30.3 Å². The van der Waals surface area contributed by atoms with E-state index in [1.54, 1.807) is 20.9 Å². The number of aliphatic hydroxyl groups is 1. The molecule has 0 heterocycles. The Bertz CT molecular complexity index is 561. The summed E-state index contributed by atoms with van der Waals surface area (Å²) in [4.78, 5) is 42.6. The highest BCUT2D eigenvalue weighted by Gasteiger charge is 2.36. The minimum absolute atomic E-state index is 0.00532. The van der Waals surface area contributed by atoms with E-state index in [9.17, 15) is 19.5 Å². The Labute approximate surface area is 187 Å². The molecule has 0 aliphatic rings. The van der Waals surface area contributed by atoms with E-state index in [-0.39, 0.29) is 18.9 Å². The summed E-state index contributed by atoms with van der Waals surface area (Å²) in [6.07, 6.45) is 1.78. The predicted molar refractivity (Wildman–Crippen MR) is 121 cm³/mol.